The van der Waals surface area contributed by atoms with Gasteiger partial charge in [-0.1, -0.05) is 12.1 Å². The first-order valence-corrected chi connectivity index (χ1v) is 9.01. The van der Waals surface area contributed by atoms with Gasteiger partial charge in [0.1, 0.15) is 5.82 Å². The van der Waals surface area contributed by atoms with Crippen molar-refractivity contribution in [3.05, 3.63) is 48.2 Å². The van der Waals surface area contributed by atoms with Gasteiger partial charge in [0.15, 0.2) is 11.5 Å². The van der Waals surface area contributed by atoms with Crippen LogP contribution < -0.4 is 14.4 Å². The molecule has 5 nitrogen and oxygen atoms in total. The Morgan fingerprint density at radius 1 is 1.04 bits per heavy atom. The van der Waals surface area contributed by atoms with E-state index >= 15 is 0 Å². The number of piperazine rings is 1. The van der Waals surface area contributed by atoms with Gasteiger partial charge in [0.05, 0.1) is 0 Å². The minimum absolute atomic E-state index is 0.336. The summed E-state index contributed by atoms with van der Waals surface area (Å²) >= 11 is 0. The van der Waals surface area contributed by atoms with Crippen molar-refractivity contribution in [2.24, 2.45) is 0 Å². The molecule has 1 fully saturated rings. The number of hydrogen-bond acceptors (Lipinski definition) is 5. The highest BCUT2D eigenvalue weighted by Gasteiger charge is 2.29. The molecule has 1 aromatic heterocycles. The SMILES string of the molecule is CC1CN(c2ccccn2)CC(C)N1CCc1ccc2c(c1)OCO2. The maximum atomic E-state index is 5.49. The Morgan fingerprint density at radius 3 is 2.60 bits per heavy atom. The summed E-state index contributed by atoms with van der Waals surface area (Å²) in [6.07, 6.45) is 2.89. The number of anilines is 1. The van der Waals surface area contributed by atoms with Crippen LogP contribution in [0.5, 0.6) is 11.5 Å². The smallest absolute Gasteiger partial charge is 0.231 e. The molecule has 4 rings (SSSR count). The lowest BCUT2D eigenvalue weighted by Crippen LogP contribution is -2.57. The highest BCUT2D eigenvalue weighted by atomic mass is 16.7. The zero-order chi connectivity index (χ0) is 17.2. The monoisotopic (exact) mass is 339 g/mol. The number of benzene rings is 1. The Bertz CT molecular complexity index is 710. The van der Waals surface area contributed by atoms with Crippen LogP contribution in [-0.2, 0) is 6.42 Å². The van der Waals surface area contributed by atoms with Gasteiger partial charge >= 0.3 is 0 Å². The molecule has 0 radical (unpaired) electrons. The number of fused-ring (bicyclic) bond motifs is 1. The zero-order valence-electron chi connectivity index (χ0n) is 14.9. The minimum Gasteiger partial charge on any atom is -0.454 e. The molecule has 132 valence electrons. The van der Waals surface area contributed by atoms with Crippen LogP contribution in [0.3, 0.4) is 0 Å². The van der Waals surface area contributed by atoms with Crippen LogP contribution in [0.15, 0.2) is 42.6 Å². The number of nitrogens with zero attached hydrogens (tertiary/aromatic N) is 3. The van der Waals surface area contributed by atoms with E-state index in [1.54, 1.807) is 0 Å². The number of aromatic nitrogens is 1. The highest BCUT2D eigenvalue weighted by molar-refractivity contribution is 5.44. The van der Waals surface area contributed by atoms with Crippen LogP contribution in [0, 0.1) is 0 Å². The molecule has 0 saturated carbocycles. The van der Waals surface area contributed by atoms with Gasteiger partial charge in [-0.2, -0.15) is 0 Å². The Labute approximate surface area is 149 Å². The summed E-state index contributed by atoms with van der Waals surface area (Å²) in [7, 11) is 0. The number of ether oxygens (including phenoxy) is 2. The second kappa shape index (κ2) is 6.92. The predicted molar refractivity (Wildman–Crippen MR) is 98.3 cm³/mol. The van der Waals surface area contributed by atoms with E-state index in [-0.39, 0.29) is 0 Å². The lowest BCUT2D eigenvalue weighted by Gasteiger charge is -2.45. The van der Waals surface area contributed by atoms with Crippen molar-refractivity contribution in [3.63, 3.8) is 0 Å². The molecule has 5 heteroatoms. The van der Waals surface area contributed by atoms with Gasteiger partial charge in [-0.15, -0.1) is 0 Å². The van der Waals surface area contributed by atoms with E-state index in [0.717, 1.165) is 43.4 Å². The average molecular weight is 339 g/mol. The van der Waals surface area contributed by atoms with Crippen molar-refractivity contribution in [1.82, 2.24) is 9.88 Å². The first kappa shape index (κ1) is 16.2. The number of rotatable bonds is 4. The fourth-order valence-corrected chi connectivity index (χ4v) is 3.88. The van der Waals surface area contributed by atoms with Gasteiger partial charge in [-0.25, -0.2) is 4.98 Å². The first-order valence-electron chi connectivity index (χ1n) is 9.01. The minimum atomic E-state index is 0.336. The molecule has 0 N–H and O–H groups in total. The quantitative estimate of drug-likeness (QED) is 0.856. The molecule has 0 amide bonds. The number of pyridine rings is 1. The van der Waals surface area contributed by atoms with Crippen LogP contribution in [0.1, 0.15) is 19.4 Å². The molecule has 2 aliphatic heterocycles. The predicted octanol–water partition coefficient (Wildman–Crippen LogP) is 2.95. The molecule has 2 atom stereocenters. The van der Waals surface area contributed by atoms with E-state index in [0.29, 0.717) is 18.9 Å². The maximum absolute atomic E-state index is 5.49. The van der Waals surface area contributed by atoms with Crippen molar-refractivity contribution in [1.29, 1.82) is 0 Å². The van der Waals surface area contributed by atoms with Crippen molar-refractivity contribution in [2.45, 2.75) is 32.4 Å². The topological polar surface area (TPSA) is 37.8 Å². The molecular formula is C20H25N3O2. The normalized spacial score (nSPS) is 23.0. The third-order valence-corrected chi connectivity index (χ3v) is 5.17. The molecule has 2 aromatic rings. The van der Waals surface area contributed by atoms with E-state index in [9.17, 15) is 0 Å². The second-order valence-electron chi connectivity index (χ2n) is 6.97. The summed E-state index contributed by atoms with van der Waals surface area (Å²) in [5, 5.41) is 0. The van der Waals surface area contributed by atoms with Crippen LogP contribution in [0.4, 0.5) is 5.82 Å². The Kier molecular flexibility index (Phi) is 4.49. The summed E-state index contributed by atoms with van der Waals surface area (Å²) in [4.78, 5) is 9.50. The van der Waals surface area contributed by atoms with Crippen molar-refractivity contribution < 1.29 is 9.47 Å². The maximum Gasteiger partial charge on any atom is 0.231 e. The van der Waals surface area contributed by atoms with Crippen LogP contribution in [0.2, 0.25) is 0 Å². The lowest BCUT2D eigenvalue weighted by molar-refractivity contribution is 0.133. The molecule has 0 bridgehead atoms. The summed E-state index contributed by atoms with van der Waals surface area (Å²) in [6, 6.07) is 13.4. The average Bonchev–Trinajstić information content (AvgIpc) is 3.09. The lowest BCUT2D eigenvalue weighted by atomic mass is 10.1. The van der Waals surface area contributed by atoms with Crippen molar-refractivity contribution in [3.8, 4) is 11.5 Å². The van der Waals surface area contributed by atoms with E-state index in [2.05, 4.69) is 52.9 Å². The molecule has 2 aliphatic rings. The molecule has 1 saturated heterocycles. The van der Waals surface area contributed by atoms with Gasteiger partial charge < -0.3 is 14.4 Å². The largest absolute Gasteiger partial charge is 0.454 e. The highest BCUT2D eigenvalue weighted by Crippen LogP contribution is 2.32. The summed E-state index contributed by atoms with van der Waals surface area (Å²) in [6.45, 7) is 8.04. The zero-order valence-corrected chi connectivity index (χ0v) is 14.9. The summed E-state index contributed by atoms with van der Waals surface area (Å²) in [5.74, 6) is 2.81. The van der Waals surface area contributed by atoms with E-state index in [4.69, 9.17) is 9.47 Å². The third kappa shape index (κ3) is 3.42. The van der Waals surface area contributed by atoms with Crippen LogP contribution >= 0.6 is 0 Å². The van der Waals surface area contributed by atoms with Crippen molar-refractivity contribution >= 4 is 5.82 Å². The van der Waals surface area contributed by atoms with Gasteiger partial charge in [0.25, 0.3) is 0 Å². The molecule has 3 heterocycles. The van der Waals surface area contributed by atoms with Gasteiger partial charge in [0, 0.05) is 37.9 Å². The van der Waals surface area contributed by atoms with Crippen LogP contribution in [0.25, 0.3) is 0 Å². The number of hydrogen-bond donors (Lipinski definition) is 0. The fraction of sp³-hybridized carbons (Fsp3) is 0.450. The Morgan fingerprint density at radius 2 is 1.84 bits per heavy atom. The van der Waals surface area contributed by atoms with Gasteiger partial charge in [-0.3, -0.25) is 4.90 Å². The van der Waals surface area contributed by atoms with Gasteiger partial charge in [-0.05, 0) is 50.1 Å². The Balaban J connectivity index is 1.38. The van der Waals surface area contributed by atoms with E-state index in [1.165, 1.54) is 5.56 Å². The second-order valence-corrected chi connectivity index (χ2v) is 6.97. The van der Waals surface area contributed by atoms with Crippen LogP contribution in [-0.4, -0.2) is 48.4 Å². The van der Waals surface area contributed by atoms with Crippen molar-refractivity contribution in [2.75, 3.05) is 31.3 Å². The summed E-state index contributed by atoms with van der Waals surface area (Å²) in [5.41, 5.74) is 1.30. The Hall–Kier alpha value is -2.27. The third-order valence-electron chi connectivity index (χ3n) is 5.17. The summed E-state index contributed by atoms with van der Waals surface area (Å²) < 4.78 is 10.9. The van der Waals surface area contributed by atoms with E-state index in [1.807, 2.05) is 18.3 Å². The van der Waals surface area contributed by atoms with E-state index < -0.39 is 0 Å². The molecule has 0 spiro atoms. The standard InChI is InChI=1S/C20H25N3O2/c1-15-12-22(20-5-3-4-9-21-20)13-16(2)23(15)10-8-17-6-7-18-19(11-17)25-14-24-18/h3-7,9,11,15-16H,8,10,12-14H2,1-2H3. The molecule has 1 aromatic carbocycles. The van der Waals surface area contributed by atoms with Gasteiger partial charge in [0.2, 0.25) is 6.79 Å². The molecule has 2 unspecified atom stereocenters. The molecular weight excluding hydrogens is 314 g/mol. The molecule has 25 heavy (non-hydrogen) atoms. The first-order chi connectivity index (χ1) is 12.2. The molecule has 0 aliphatic carbocycles. The fourth-order valence-electron chi connectivity index (χ4n) is 3.88.